The molecule has 1 aromatic carbocycles. The standard InChI is InChI=1S/C31H47N3O5.ClH/c1-2-3-17-34-28(35)27(22-30(37)13-5-4-6-14-30)32-29(36)31(34)15-18-33(19-16-31)23-24-7-9-25(10-8-24)39-26-11-20-38-21-12-26;/h7-10,26-27,37H,2-6,11-23H2,1H3,(H,32,36);1H/t27-;/m1./s1. The topological polar surface area (TPSA) is 91.3 Å². The Hall–Kier alpha value is -1.87. The summed E-state index contributed by atoms with van der Waals surface area (Å²) in [7, 11) is 0. The molecule has 0 radical (unpaired) electrons. The Morgan fingerprint density at radius 1 is 1.02 bits per heavy atom. The zero-order valence-corrected chi connectivity index (χ0v) is 24.9. The van der Waals surface area contributed by atoms with Gasteiger partial charge in [-0.05, 0) is 49.8 Å². The molecule has 0 unspecified atom stereocenters. The van der Waals surface area contributed by atoms with Crippen molar-refractivity contribution in [3.63, 3.8) is 0 Å². The van der Waals surface area contributed by atoms with Gasteiger partial charge in [0, 0.05) is 45.4 Å². The van der Waals surface area contributed by atoms with Gasteiger partial charge in [0.15, 0.2) is 0 Å². The monoisotopic (exact) mass is 577 g/mol. The predicted molar refractivity (Wildman–Crippen MR) is 157 cm³/mol. The minimum atomic E-state index is -0.846. The molecule has 1 aliphatic carbocycles. The number of piperazine rings is 1. The molecule has 1 spiro atoms. The third kappa shape index (κ3) is 7.12. The summed E-state index contributed by atoms with van der Waals surface area (Å²) < 4.78 is 11.5. The number of halogens is 1. The number of unbranched alkanes of at least 4 members (excludes halogenated alkanes) is 1. The second-order valence-electron chi connectivity index (χ2n) is 12.2. The highest BCUT2D eigenvalue weighted by Gasteiger charge is 2.54. The summed E-state index contributed by atoms with van der Waals surface area (Å²) >= 11 is 0. The third-order valence-corrected chi connectivity index (χ3v) is 9.40. The van der Waals surface area contributed by atoms with Gasteiger partial charge in [-0.2, -0.15) is 0 Å². The zero-order chi connectivity index (χ0) is 27.3. The molecule has 40 heavy (non-hydrogen) atoms. The van der Waals surface area contributed by atoms with Crippen LogP contribution in [0.1, 0.15) is 89.5 Å². The molecule has 3 heterocycles. The van der Waals surface area contributed by atoms with E-state index in [4.69, 9.17) is 9.47 Å². The Bertz CT molecular complexity index is 970. The normalized spacial score (nSPS) is 25.4. The Morgan fingerprint density at radius 3 is 2.35 bits per heavy atom. The van der Waals surface area contributed by atoms with E-state index in [9.17, 15) is 14.7 Å². The van der Waals surface area contributed by atoms with Crippen LogP contribution in [0.2, 0.25) is 0 Å². The van der Waals surface area contributed by atoms with E-state index in [1.54, 1.807) is 0 Å². The van der Waals surface area contributed by atoms with Crippen molar-refractivity contribution in [2.75, 3.05) is 32.8 Å². The van der Waals surface area contributed by atoms with Crippen LogP contribution in [0.15, 0.2) is 24.3 Å². The number of carbonyl (C=O) groups is 2. The highest BCUT2D eigenvalue weighted by molar-refractivity contribution is 6.00. The molecule has 4 aliphatic rings. The fraction of sp³-hybridized carbons (Fsp3) is 0.742. The van der Waals surface area contributed by atoms with Crippen LogP contribution in [0.25, 0.3) is 0 Å². The van der Waals surface area contributed by atoms with Crippen LogP contribution in [-0.2, 0) is 20.9 Å². The number of rotatable bonds is 9. The molecule has 3 saturated heterocycles. The molecular weight excluding hydrogens is 530 g/mol. The summed E-state index contributed by atoms with van der Waals surface area (Å²) in [5.41, 5.74) is -0.407. The fourth-order valence-corrected chi connectivity index (χ4v) is 6.94. The first-order valence-corrected chi connectivity index (χ1v) is 15.3. The average Bonchev–Trinajstić information content (AvgIpc) is 2.95. The number of nitrogens with one attached hydrogen (secondary N) is 1. The lowest BCUT2D eigenvalue weighted by Gasteiger charge is -2.52. The second kappa shape index (κ2) is 13.9. The number of benzene rings is 1. The summed E-state index contributed by atoms with van der Waals surface area (Å²) in [6, 6.07) is 7.74. The van der Waals surface area contributed by atoms with Gasteiger partial charge in [0.05, 0.1) is 18.8 Å². The molecule has 3 aliphatic heterocycles. The highest BCUT2D eigenvalue weighted by Crippen LogP contribution is 2.37. The summed E-state index contributed by atoms with van der Waals surface area (Å²) in [6.07, 6.45) is 10.1. The van der Waals surface area contributed by atoms with Crippen molar-refractivity contribution in [1.82, 2.24) is 15.1 Å². The lowest BCUT2D eigenvalue weighted by molar-refractivity contribution is -0.163. The van der Waals surface area contributed by atoms with E-state index in [0.29, 0.717) is 38.6 Å². The van der Waals surface area contributed by atoms with E-state index in [2.05, 4.69) is 41.4 Å². The number of likely N-dealkylation sites (tertiary alicyclic amines) is 1. The van der Waals surface area contributed by atoms with Gasteiger partial charge in [-0.1, -0.05) is 44.7 Å². The quantitative estimate of drug-likeness (QED) is 0.457. The van der Waals surface area contributed by atoms with Crippen molar-refractivity contribution < 1.29 is 24.2 Å². The van der Waals surface area contributed by atoms with Gasteiger partial charge in [-0.3, -0.25) is 14.5 Å². The van der Waals surface area contributed by atoms with Crippen LogP contribution in [0, 0.1) is 0 Å². The SMILES string of the molecule is CCCCN1C(=O)[C@@H](CC2(O)CCCCC2)NC(=O)C12CCN(Cc1ccc(OC3CCOCC3)cc1)CC2.Cl. The Morgan fingerprint density at radius 2 is 1.70 bits per heavy atom. The number of ether oxygens (including phenoxy) is 2. The molecule has 4 fully saturated rings. The van der Waals surface area contributed by atoms with Crippen LogP contribution in [-0.4, -0.2) is 82.9 Å². The molecule has 9 heteroatoms. The average molecular weight is 578 g/mol. The molecule has 8 nitrogen and oxygen atoms in total. The van der Waals surface area contributed by atoms with Crippen LogP contribution >= 0.6 is 12.4 Å². The van der Waals surface area contributed by atoms with Crippen molar-refractivity contribution >= 4 is 24.2 Å². The zero-order valence-electron chi connectivity index (χ0n) is 24.1. The van der Waals surface area contributed by atoms with Crippen molar-refractivity contribution in [2.45, 2.75) is 114 Å². The molecule has 5 rings (SSSR count). The van der Waals surface area contributed by atoms with Gasteiger partial charge >= 0.3 is 0 Å². The summed E-state index contributed by atoms with van der Waals surface area (Å²) in [5.74, 6) is 0.868. The van der Waals surface area contributed by atoms with Gasteiger partial charge in [0.25, 0.3) is 0 Å². The van der Waals surface area contributed by atoms with Crippen LogP contribution in [0.5, 0.6) is 5.75 Å². The van der Waals surface area contributed by atoms with Gasteiger partial charge in [-0.25, -0.2) is 0 Å². The number of hydrogen-bond donors (Lipinski definition) is 2. The number of nitrogens with zero attached hydrogens (tertiary/aromatic N) is 2. The molecule has 1 saturated carbocycles. The Labute approximate surface area is 245 Å². The number of carbonyl (C=O) groups excluding carboxylic acids is 2. The Balaban J connectivity index is 0.00000370. The first-order chi connectivity index (χ1) is 18.9. The maximum atomic E-state index is 13.8. The van der Waals surface area contributed by atoms with Crippen molar-refractivity contribution in [3.8, 4) is 5.75 Å². The molecule has 2 N–H and O–H groups in total. The van der Waals surface area contributed by atoms with Crippen molar-refractivity contribution in [2.24, 2.45) is 0 Å². The lowest BCUT2D eigenvalue weighted by Crippen LogP contribution is -2.73. The van der Waals surface area contributed by atoms with Crippen LogP contribution in [0.4, 0.5) is 0 Å². The van der Waals surface area contributed by atoms with Gasteiger partial charge in [-0.15, -0.1) is 12.4 Å². The predicted octanol–water partition coefficient (Wildman–Crippen LogP) is 4.21. The van der Waals surface area contributed by atoms with Crippen molar-refractivity contribution in [3.05, 3.63) is 29.8 Å². The van der Waals surface area contributed by atoms with Gasteiger partial charge in [0.2, 0.25) is 11.8 Å². The minimum Gasteiger partial charge on any atom is -0.490 e. The van der Waals surface area contributed by atoms with Crippen molar-refractivity contribution in [1.29, 1.82) is 0 Å². The third-order valence-electron chi connectivity index (χ3n) is 9.40. The number of piperidine rings is 1. The highest BCUT2D eigenvalue weighted by atomic mass is 35.5. The van der Waals surface area contributed by atoms with E-state index in [-0.39, 0.29) is 30.3 Å². The van der Waals surface area contributed by atoms with Gasteiger partial charge < -0.3 is 24.8 Å². The van der Waals surface area contributed by atoms with Crippen LogP contribution < -0.4 is 10.1 Å². The second-order valence-corrected chi connectivity index (χ2v) is 12.2. The number of aliphatic hydroxyl groups is 1. The fourth-order valence-electron chi connectivity index (χ4n) is 6.94. The maximum absolute atomic E-state index is 13.8. The first-order valence-electron chi connectivity index (χ1n) is 15.3. The molecular formula is C31H48ClN3O5. The summed E-state index contributed by atoms with van der Waals surface area (Å²) in [5, 5.41) is 14.2. The molecule has 0 bridgehead atoms. The first kappa shape index (κ1) is 31.1. The largest absolute Gasteiger partial charge is 0.490 e. The van der Waals surface area contributed by atoms with E-state index in [1.165, 1.54) is 5.56 Å². The summed E-state index contributed by atoms with van der Waals surface area (Å²) in [4.78, 5) is 31.7. The van der Waals surface area contributed by atoms with Gasteiger partial charge in [0.1, 0.15) is 23.4 Å². The summed E-state index contributed by atoms with van der Waals surface area (Å²) in [6.45, 7) is 6.59. The van der Waals surface area contributed by atoms with Crippen LogP contribution in [0.3, 0.4) is 0 Å². The minimum absolute atomic E-state index is 0. The number of amides is 2. The molecule has 2 amide bonds. The molecule has 1 atom stereocenters. The smallest absolute Gasteiger partial charge is 0.246 e. The maximum Gasteiger partial charge on any atom is 0.246 e. The lowest BCUT2D eigenvalue weighted by atomic mass is 9.77. The van der Waals surface area contributed by atoms with E-state index < -0.39 is 17.2 Å². The van der Waals surface area contributed by atoms with E-state index >= 15 is 0 Å². The van der Waals surface area contributed by atoms with E-state index in [0.717, 1.165) is 83.5 Å². The Kier molecular flexibility index (Phi) is 10.8. The van der Waals surface area contributed by atoms with E-state index in [1.807, 2.05) is 4.90 Å². The number of hydrogen-bond acceptors (Lipinski definition) is 6. The molecule has 0 aromatic heterocycles. The molecule has 224 valence electrons. The molecule has 1 aromatic rings.